The molecule has 3 nitrogen and oxygen atoms in total. The molecule has 1 aromatic heterocycles. The van der Waals surface area contributed by atoms with Crippen LogP contribution in [0.1, 0.15) is 18.1 Å². The fourth-order valence-corrected chi connectivity index (χ4v) is 2.22. The summed E-state index contributed by atoms with van der Waals surface area (Å²) < 4.78 is 29.2. The average Bonchev–Trinajstić information content (AvgIpc) is 2.76. The molecule has 0 saturated heterocycles. The normalized spacial score (nSPS) is 12.7. The van der Waals surface area contributed by atoms with Crippen LogP contribution in [0, 0.1) is 11.6 Å². The quantitative estimate of drug-likeness (QED) is 0.876. The maximum atomic E-state index is 13.8. The highest BCUT2D eigenvalue weighted by Crippen LogP contribution is 2.22. The maximum Gasteiger partial charge on any atom is 0.145 e. The Hall–Kier alpha value is -1.27. The molecule has 0 amide bonds. The molecule has 2 N–H and O–H groups in total. The van der Waals surface area contributed by atoms with Crippen LogP contribution in [0.5, 0.6) is 0 Å². The van der Waals surface area contributed by atoms with Crippen molar-refractivity contribution in [1.29, 1.82) is 0 Å². The summed E-state index contributed by atoms with van der Waals surface area (Å²) in [5.74, 6) is -1.17. The van der Waals surface area contributed by atoms with E-state index >= 15 is 0 Å². The largest absolute Gasteiger partial charge is 0.328 e. The summed E-state index contributed by atoms with van der Waals surface area (Å²) in [4.78, 5) is 0. The molecule has 0 saturated carbocycles. The lowest BCUT2D eigenvalue weighted by molar-refractivity contribution is 0.529. The lowest BCUT2D eigenvalue weighted by Crippen LogP contribution is -2.17. The van der Waals surface area contributed by atoms with Crippen LogP contribution in [0.15, 0.2) is 29.0 Å². The van der Waals surface area contributed by atoms with Gasteiger partial charge in [0.1, 0.15) is 11.6 Å². The molecular formula is C13H14BrF2N3. The molecule has 0 radical (unpaired) electrons. The van der Waals surface area contributed by atoms with E-state index < -0.39 is 11.6 Å². The minimum Gasteiger partial charge on any atom is -0.328 e. The first-order valence-electron chi connectivity index (χ1n) is 5.86. The molecule has 0 aliphatic heterocycles. The monoisotopic (exact) mass is 329 g/mol. The molecule has 0 aliphatic carbocycles. The van der Waals surface area contributed by atoms with Crippen LogP contribution in [0.2, 0.25) is 0 Å². The molecule has 2 aromatic rings. The Labute approximate surface area is 118 Å². The van der Waals surface area contributed by atoms with Gasteiger partial charge in [0.15, 0.2) is 0 Å². The third-order valence-corrected chi connectivity index (χ3v) is 3.32. The maximum absolute atomic E-state index is 13.8. The summed E-state index contributed by atoms with van der Waals surface area (Å²) in [7, 11) is 0. The molecule has 1 atom stereocenters. The molecule has 2 rings (SSSR count). The van der Waals surface area contributed by atoms with Crippen molar-refractivity contribution in [3.8, 4) is 0 Å². The number of hydrogen-bond acceptors (Lipinski definition) is 2. The van der Waals surface area contributed by atoms with Gasteiger partial charge in [0.05, 0.1) is 17.2 Å². The highest BCUT2D eigenvalue weighted by Gasteiger charge is 2.13. The fraction of sp³-hybridized carbons (Fsp3) is 0.308. The highest BCUT2D eigenvalue weighted by molar-refractivity contribution is 9.10. The second kappa shape index (κ2) is 5.79. The molecule has 19 heavy (non-hydrogen) atoms. The summed E-state index contributed by atoms with van der Waals surface area (Å²) in [5, 5.41) is 4.09. The van der Waals surface area contributed by atoms with Gasteiger partial charge in [-0.2, -0.15) is 5.10 Å². The molecule has 6 heteroatoms. The van der Waals surface area contributed by atoms with Crippen molar-refractivity contribution < 1.29 is 8.78 Å². The lowest BCUT2D eigenvalue weighted by atomic mass is 10.1. The number of halogens is 3. The zero-order chi connectivity index (χ0) is 14.0. The highest BCUT2D eigenvalue weighted by atomic mass is 79.9. The summed E-state index contributed by atoms with van der Waals surface area (Å²) in [5.41, 5.74) is 6.63. The van der Waals surface area contributed by atoms with E-state index in [1.807, 2.05) is 6.92 Å². The Bertz CT molecular complexity index is 581. The molecular weight excluding hydrogens is 316 g/mol. The Balaban J connectivity index is 2.22. The van der Waals surface area contributed by atoms with Crippen molar-refractivity contribution in [3.63, 3.8) is 0 Å². The fourth-order valence-electron chi connectivity index (χ4n) is 1.85. The number of nitrogens with zero attached hydrogens (tertiary/aromatic N) is 2. The predicted molar refractivity (Wildman–Crippen MR) is 72.7 cm³/mol. The molecule has 0 aliphatic rings. The van der Waals surface area contributed by atoms with Crippen molar-refractivity contribution in [2.45, 2.75) is 25.9 Å². The number of nitrogens with two attached hydrogens (primary N) is 1. The molecule has 1 aromatic carbocycles. The van der Waals surface area contributed by atoms with Crippen LogP contribution < -0.4 is 5.73 Å². The van der Waals surface area contributed by atoms with E-state index in [0.717, 1.165) is 5.56 Å². The lowest BCUT2D eigenvalue weighted by Gasteiger charge is -2.06. The van der Waals surface area contributed by atoms with Crippen molar-refractivity contribution >= 4 is 15.9 Å². The summed E-state index contributed by atoms with van der Waals surface area (Å²) in [6.45, 7) is 1.95. The van der Waals surface area contributed by atoms with Crippen LogP contribution >= 0.6 is 15.9 Å². The van der Waals surface area contributed by atoms with Crippen molar-refractivity contribution in [2.24, 2.45) is 5.73 Å². The van der Waals surface area contributed by atoms with Gasteiger partial charge in [0, 0.05) is 17.8 Å². The number of aromatic nitrogens is 2. The first-order chi connectivity index (χ1) is 8.97. The van der Waals surface area contributed by atoms with Gasteiger partial charge in [0.2, 0.25) is 0 Å². The smallest absolute Gasteiger partial charge is 0.145 e. The Morgan fingerprint density at radius 1 is 1.42 bits per heavy atom. The van der Waals surface area contributed by atoms with Gasteiger partial charge in [-0.25, -0.2) is 8.78 Å². The molecule has 0 fully saturated rings. The van der Waals surface area contributed by atoms with Gasteiger partial charge in [0.25, 0.3) is 0 Å². The second-order valence-corrected chi connectivity index (χ2v) is 5.40. The third kappa shape index (κ3) is 3.39. The topological polar surface area (TPSA) is 43.8 Å². The van der Waals surface area contributed by atoms with Crippen molar-refractivity contribution in [1.82, 2.24) is 9.78 Å². The Kier molecular flexibility index (Phi) is 4.31. The third-order valence-electron chi connectivity index (χ3n) is 2.70. The van der Waals surface area contributed by atoms with E-state index in [9.17, 15) is 8.78 Å². The minimum absolute atomic E-state index is 0.00942. The molecule has 102 valence electrons. The van der Waals surface area contributed by atoms with Crippen LogP contribution in [-0.2, 0) is 13.0 Å². The number of benzene rings is 1. The van der Waals surface area contributed by atoms with Crippen molar-refractivity contribution in [2.75, 3.05) is 0 Å². The van der Waals surface area contributed by atoms with Gasteiger partial charge in [-0.05, 0) is 47.0 Å². The van der Waals surface area contributed by atoms with Crippen LogP contribution in [0.4, 0.5) is 8.78 Å². The van der Waals surface area contributed by atoms with Gasteiger partial charge in [-0.15, -0.1) is 0 Å². The van der Waals surface area contributed by atoms with Crippen LogP contribution in [-0.4, -0.2) is 15.8 Å². The zero-order valence-corrected chi connectivity index (χ0v) is 12.0. The van der Waals surface area contributed by atoms with E-state index in [2.05, 4.69) is 21.0 Å². The van der Waals surface area contributed by atoms with Crippen LogP contribution in [0.25, 0.3) is 0 Å². The SMILES string of the molecule is CC(N)Cc1cnn(Cc2c(F)ccc(Br)c2F)c1. The first-order valence-corrected chi connectivity index (χ1v) is 6.66. The summed E-state index contributed by atoms with van der Waals surface area (Å²) in [6, 6.07) is 2.60. The first kappa shape index (κ1) is 14.1. The van der Waals surface area contributed by atoms with E-state index in [4.69, 9.17) is 5.73 Å². The molecule has 1 unspecified atom stereocenters. The Morgan fingerprint density at radius 2 is 2.16 bits per heavy atom. The molecule has 1 heterocycles. The predicted octanol–water partition coefficient (Wildman–Crippen LogP) is 2.86. The van der Waals surface area contributed by atoms with E-state index in [-0.39, 0.29) is 22.6 Å². The second-order valence-electron chi connectivity index (χ2n) is 4.55. The summed E-state index contributed by atoms with van der Waals surface area (Å²) >= 11 is 3.04. The number of rotatable bonds is 4. The standard InChI is InChI=1S/C13H14BrF2N3/c1-8(17)4-9-5-18-19(6-9)7-10-12(15)3-2-11(14)13(10)16/h2-3,5-6,8H,4,7,17H2,1H3. The van der Waals surface area contributed by atoms with Gasteiger partial charge in [-0.1, -0.05) is 0 Å². The summed E-state index contributed by atoms with van der Waals surface area (Å²) in [6.07, 6.45) is 4.10. The van der Waals surface area contributed by atoms with Crippen molar-refractivity contribution in [3.05, 3.63) is 51.8 Å². The van der Waals surface area contributed by atoms with Gasteiger partial charge in [-0.3, -0.25) is 4.68 Å². The van der Waals surface area contributed by atoms with E-state index in [0.29, 0.717) is 6.42 Å². The van der Waals surface area contributed by atoms with Gasteiger partial charge >= 0.3 is 0 Å². The molecule has 0 bridgehead atoms. The van der Waals surface area contributed by atoms with E-state index in [1.165, 1.54) is 16.8 Å². The number of hydrogen-bond donors (Lipinski definition) is 1. The van der Waals surface area contributed by atoms with E-state index in [1.54, 1.807) is 12.4 Å². The average molecular weight is 330 g/mol. The molecule has 0 spiro atoms. The van der Waals surface area contributed by atoms with Crippen LogP contribution in [0.3, 0.4) is 0 Å². The van der Waals surface area contributed by atoms with Gasteiger partial charge < -0.3 is 5.73 Å². The minimum atomic E-state index is -0.593. The zero-order valence-electron chi connectivity index (χ0n) is 10.4. The Morgan fingerprint density at radius 3 is 2.84 bits per heavy atom.